The zero-order chi connectivity index (χ0) is 22.4. The second-order valence-corrected chi connectivity index (χ2v) is 6.54. The smallest absolute Gasteiger partial charge is 0.357 e. The molecule has 158 valence electrons. The maximum atomic E-state index is 12.0. The molecule has 0 saturated heterocycles. The van der Waals surface area contributed by atoms with Gasteiger partial charge >= 0.3 is 16.9 Å². The van der Waals surface area contributed by atoms with E-state index in [0.29, 0.717) is 17.0 Å². The number of aromatic nitrogens is 2. The largest absolute Gasteiger partial charge is 0.484 e. The van der Waals surface area contributed by atoms with Crippen LogP contribution in [0.25, 0.3) is 12.2 Å². The van der Waals surface area contributed by atoms with Gasteiger partial charge in [0, 0.05) is 5.69 Å². The Hall–Kier alpha value is -4.47. The summed E-state index contributed by atoms with van der Waals surface area (Å²) in [6.45, 7) is 1.75. The number of hydrogen-bond donors (Lipinski definition) is 3. The molecular weight excluding hydrogens is 404 g/mol. The van der Waals surface area contributed by atoms with Crippen molar-refractivity contribution >= 4 is 29.4 Å². The van der Waals surface area contributed by atoms with E-state index in [1.165, 1.54) is 12.2 Å². The Balaban J connectivity index is 1.63. The van der Waals surface area contributed by atoms with E-state index >= 15 is 0 Å². The first-order chi connectivity index (χ1) is 14.8. The van der Waals surface area contributed by atoms with Gasteiger partial charge in [0.1, 0.15) is 11.4 Å². The molecule has 1 amide bonds. The third-order valence-corrected chi connectivity index (χ3v) is 4.12. The van der Waals surface area contributed by atoms with E-state index in [4.69, 9.17) is 4.74 Å². The minimum Gasteiger partial charge on any atom is -0.484 e. The fourth-order valence-corrected chi connectivity index (χ4v) is 2.72. The maximum absolute atomic E-state index is 12.0. The molecule has 1 aromatic heterocycles. The fraction of sp³-hybridized carbons (Fsp3) is 0.0952. The Bertz CT molecular complexity index is 1260. The second-order valence-electron chi connectivity index (χ2n) is 6.54. The van der Waals surface area contributed by atoms with Crippen molar-refractivity contribution in [2.75, 3.05) is 11.9 Å². The summed E-state index contributed by atoms with van der Waals surface area (Å²) in [5.41, 5.74) is -0.559. The van der Waals surface area contributed by atoms with E-state index in [1.54, 1.807) is 30.3 Å². The van der Waals surface area contributed by atoms with Gasteiger partial charge in [-0.2, -0.15) is 0 Å². The monoisotopic (exact) mass is 422 g/mol. The summed E-state index contributed by atoms with van der Waals surface area (Å²) in [7, 11) is 0. The summed E-state index contributed by atoms with van der Waals surface area (Å²) in [6, 6.07) is 13.9. The molecule has 3 aromatic rings. The van der Waals surface area contributed by atoms with Gasteiger partial charge in [0.25, 0.3) is 5.91 Å². The lowest BCUT2D eigenvalue weighted by molar-refractivity contribution is -0.386. The number of rotatable bonds is 7. The predicted octanol–water partition coefficient (Wildman–Crippen LogP) is 2.47. The van der Waals surface area contributed by atoms with Crippen LogP contribution in [0.3, 0.4) is 0 Å². The fourth-order valence-electron chi connectivity index (χ4n) is 2.72. The van der Waals surface area contributed by atoms with Crippen LogP contribution in [0.2, 0.25) is 0 Å². The minimum atomic E-state index is -1.08. The van der Waals surface area contributed by atoms with Crippen LogP contribution in [0.15, 0.2) is 58.1 Å². The number of nitro groups is 1. The lowest BCUT2D eigenvalue weighted by Gasteiger charge is -2.08. The molecule has 0 saturated carbocycles. The normalized spacial score (nSPS) is 10.7. The number of nitrogens with one attached hydrogen (secondary N) is 3. The highest BCUT2D eigenvalue weighted by molar-refractivity contribution is 5.91. The van der Waals surface area contributed by atoms with Crippen molar-refractivity contribution < 1.29 is 14.5 Å². The van der Waals surface area contributed by atoms with Crippen molar-refractivity contribution in [1.82, 2.24) is 9.97 Å². The van der Waals surface area contributed by atoms with Gasteiger partial charge in [0.05, 0.1) is 4.92 Å². The number of H-pyrrole nitrogens is 2. The van der Waals surface area contributed by atoms with Crippen molar-refractivity contribution in [2.45, 2.75) is 6.92 Å². The highest BCUT2D eigenvalue weighted by Crippen LogP contribution is 2.16. The summed E-state index contributed by atoms with van der Waals surface area (Å²) < 4.78 is 5.45. The molecule has 1 heterocycles. The third kappa shape index (κ3) is 5.76. The van der Waals surface area contributed by atoms with Gasteiger partial charge in [-0.1, -0.05) is 30.3 Å². The Morgan fingerprint density at radius 1 is 1.13 bits per heavy atom. The number of amides is 1. The number of nitrogens with zero attached hydrogens (tertiary/aromatic N) is 1. The van der Waals surface area contributed by atoms with Crippen LogP contribution in [0.5, 0.6) is 5.75 Å². The van der Waals surface area contributed by atoms with Crippen LogP contribution < -0.4 is 21.3 Å². The number of aromatic amines is 2. The van der Waals surface area contributed by atoms with E-state index in [-0.39, 0.29) is 18.2 Å². The Kier molecular flexibility index (Phi) is 6.41. The lowest BCUT2D eigenvalue weighted by Crippen LogP contribution is -2.25. The Morgan fingerprint density at radius 2 is 1.87 bits per heavy atom. The van der Waals surface area contributed by atoms with Crippen molar-refractivity contribution in [3.05, 3.63) is 96.3 Å². The molecule has 0 fully saturated rings. The Labute approximate surface area is 175 Å². The van der Waals surface area contributed by atoms with Crippen LogP contribution in [0.1, 0.15) is 16.8 Å². The van der Waals surface area contributed by atoms with Crippen LogP contribution in [-0.4, -0.2) is 27.4 Å². The first-order valence-electron chi connectivity index (χ1n) is 9.10. The maximum Gasteiger partial charge on any atom is 0.357 e. The van der Waals surface area contributed by atoms with Gasteiger partial charge in [0.2, 0.25) is 0 Å². The van der Waals surface area contributed by atoms with Crippen molar-refractivity contribution in [1.29, 1.82) is 0 Å². The quantitative estimate of drug-likeness (QED) is 0.394. The highest BCUT2D eigenvalue weighted by atomic mass is 16.6. The second kappa shape index (κ2) is 9.35. The molecule has 0 unspecified atom stereocenters. The van der Waals surface area contributed by atoms with Crippen molar-refractivity contribution in [3.8, 4) is 5.75 Å². The molecule has 31 heavy (non-hydrogen) atoms. The Morgan fingerprint density at radius 3 is 2.55 bits per heavy atom. The van der Waals surface area contributed by atoms with E-state index in [1.807, 2.05) is 30.1 Å². The van der Waals surface area contributed by atoms with Gasteiger partial charge in [0.15, 0.2) is 6.61 Å². The van der Waals surface area contributed by atoms with Gasteiger partial charge in [-0.3, -0.25) is 24.7 Å². The highest BCUT2D eigenvalue weighted by Gasteiger charge is 2.18. The zero-order valence-corrected chi connectivity index (χ0v) is 16.4. The molecule has 0 aliphatic carbocycles. The molecule has 10 heteroatoms. The van der Waals surface area contributed by atoms with Gasteiger partial charge < -0.3 is 15.0 Å². The molecule has 2 aromatic carbocycles. The molecule has 0 spiro atoms. The zero-order valence-electron chi connectivity index (χ0n) is 16.4. The minimum absolute atomic E-state index is 0.177. The number of hydrogen-bond acceptors (Lipinski definition) is 6. The number of ether oxygens (including phenoxy) is 1. The van der Waals surface area contributed by atoms with E-state index in [9.17, 15) is 24.5 Å². The number of carbonyl (C=O) groups is 1. The molecule has 0 bridgehead atoms. The summed E-state index contributed by atoms with van der Waals surface area (Å²) in [5.74, 6) is 0.146. The first kappa shape index (κ1) is 21.2. The number of aryl methyl sites for hydroxylation is 1. The average Bonchev–Trinajstić information content (AvgIpc) is 2.70. The van der Waals surface area contributed by atoms with Crippen molar-refractivity contribution in [2.24, 2.45) is 0 Å². The topological polar surface area (TPSA) is 147 Å². The molecule has 10 nitrogen and oxygen atoms in total. The summed E-state index contributed by atoms with van der Waals surface area (Å²) in [5, 5.41) is 13.8. The van der Waals surface area contributed by atoms with Crippen LogP contribution >= 0.6 is 0 Å². The van der Waals surface area contributed by atoms with Crippen LogP contribution in [-0.2, 0) is 4.79 Å². The van der Waals surface area contributed by atoms with Gasteiger partial charge in [-0.15, -0.1) is 0 Å². The molecule has 0 aliphatic heterocycles. The third-order valence-electron chi connectivity index (χ3n) is 4.12. The number of benzene rings is 2. The van der Waals surface area contributed by atoms with E-state index in [2.05, 4.69) is 10.3 Å². The summed E-state index contributed by atoms with van der Waals surface area (Å²) in [6.07, 6.45) is 2.76. The van der Waals surface area contributed by atoms with Gasteiger partial charge in [-0.05, 0) is 48.4 Å². The summed E-state index contributed by atoms with van der Waals surface area (Å²) in [4.78, 5) is 49.2. The first-order valence-corrected chi connectivity index (χ1v) is 9.10. The lowest BCUT2D eigenvalue weighted by atomic mass is 10.2. The van der Waals surface area contributed by atoms with Gasteiger partial charge in [-0.25, -0.2) is 4.79 Å². The average molecular weight is 422 g/mol. The van der Waals surface area contributed by atoms with E-state index < -0.39 is 21.9 Å². The van der Waals surface area contributed by atoms with Crippen LogP contribution in [0, 0.1) is 17.0 Å². The molecule has 3 N–H and O–H groups in total. The standard InChI is InChI=1S/C21H18N4O6/c1-13-3-2-4-15(11-13)22-18(26)12-31-16-8-5-14(6-9-16)7-10-17-19(25(29)30)20(27)24-21(28)23-17/h2-11H,12H2,1H3,(H,22,26)(H2,23,24,27,28)/b10-7+. The van der Waals surface area contributed by atoms with E-state index in [0.717, 1.165) is 5.56 Å². The molecule has 0 radical (unpaired) electrons. The van der Waals surface area contributed by atoms with Crippen molar-refractivity contribution in [3.63, 3.8) is 0 Å². The molecule has 0 aliphatic rings. The van der Waals surface area contributed by atoms with Crippen LogP contribution in [0.4, 0.5) is 11.4 Å². The summed E-state index contributed by atoms with van der Waals surface area (Å²) >= 11 is 0. The predicted molar refractivity (Wildman–Crippen MR) is 115 cm³/mol. The number of anilines is 1. The molecule has 0 atom stereocenters. The SMILES string of the molecule is Cc1cccc(NC(=O)COc2ccc(/C=C/c3[nH]c(=O)[nH]c(=O)c3[N+](=O)[O-])cc2)c1. The molecular formula is C21H18N4O6. The molecule has 3 rings (SSSR count). The number of carbonyl (C=O) groups excluding carboxylic acids is 1.